The van der Waals surface area contributed by atoms with E-state index >= 15 is 0 Å². The van der Waals surface area contributed by atoms with E-state index in [1.165, 1.54) is 25.7 Å². The summed E-state index contributed by atoms with van der Waals surface area (Å²) in [4.78, 5) is 7.08. The van der Waals surface area contributed by atoms with E-state index in [9.17, 15) is 0 Å². The van der Waals surface area contributed by atoms with Gasteiger partial charge in [0.15, 0.2) is 5.96 Å². The Kier molecular flexibility index (Phi) is 9.49. The lowest BCUT2D eigenvalue weighted by Gasteiger charge is -2.38. The third kappa shape index (κ3) is 6.81. The molecule has 168 valence electrons. The third-order valence-corrected chi connectivity index (χ3v) is 7.00. The Hall–Kier alpha value is -0.890. The molecule has 7 nitrogen and oxygen atoms in total. The topological polar surface area (TPSA) is 67.3 Å². The Morgan fingerprint density at radius 2 is 1.97 bits per heavy atom. The van der Waals surface area contributed by atoms with Gasteiger partial charge in [-0.15, -0.1) is 0 Å². The maximum atomic E-state index is 5.69. The lowest BCUT2D eigenvalue weighted by molar-refractivity contribution is 0.00245. The smallest absolute Gasteiger partial charge is 0.191 e. The van der Waals surface area contributed by atoms with Crippen molar-refractivity contribution in [1.82, 2.24) is 15.5 Å². The van der Waals surface area contributed by atoms with Crippen LogP contribution in [-0.2, 0) is 14.2 Å². The van der Waals surface area contributed by atoms with Crippen LogP contribution in [0.4, 0.5) is 0 Å². The van der Waals surface area contributed by atoms with Crippen molar-refractivity contribution in [2.45, 2.75) is 51.5 Å². The summed E-state index contributed by atoms with van der Waals surface area (Å²) in [5.74, 6) is 1.51. The Morgan fingerprint density at radius 3 is 2.62 bits per heavy atom. The molecule has 2 N–H and O–H groups in total. The number of rotatable bonds is 10. The molecule has 0 aromatic heterocycles. The minimum Gasteiger partial charge on any atom is -0.382 e. The van der Waals surface area contributed by atoms with Crippen LogP contribution in [0.2, 0.25) is 0 Å². The molecule has 1 saturated carbocycles. The van der Waals surface area contributed by atoms with Gasteiger partial charge in [-0.3, -0.25) is 9.89 Å². The molecule has 3 fully saturated rings. The van der Waals surface area contributed by atoms with Crippen molar-refractivity contribution in [2.24, 2.45) is 16.3 Å². The molecule has 2 unspecified atom stereocenters. The van der Waals surface area contributed by atoms with Crippen LogP contribution in [0, 0.1) is 11.3 Å². The SMILES string of the molecule is CCOCCC1(CNC(=NC)NCC(C2CCOC2)N2CCOCC2)CCCC1. The van der Waals surface area contributed by atoms with Gasteiger partial charge in [0.25, 0.3) is 0 Å². The molecular weight excluding hydrogens is 368 g/mol. The van der Waals surface area contributed by atoms with Crippen LogP contribution in [0.5, 0.6) is 0 Å². The summed E-state index contributed by atoms with van der Waals surface area (Å²) >= 11 is 0. The molecule has 3 aliphatic rings. The van der Waals surface area contributed by atoms with Crippen LogP contribution < -0.4 is 10.6 Å². The van der Waals surface area contributed by atoms with Gasteiger partial charge >= 0.3 is 0 Å². The van der Waals surface area contributed by atoms with Crippen molar-refractivity contribution < 1.29 is 14.2 Å². The predicted octanol–water partition coefficient (Wildman–Crippen LogP) is 1.88. The largest absolute Gasteiger partial charge is 0.382 e. The summed E-state index contributed by atoms with van der Waals surface area (Å²) in [6.07, 6.45) is 7.54. The van der Waals surface area contributed by atoms with Gasteiger partial charge in [-0.1, -0.05) is 12.8 Å². The van der Waals surface area contributed by atoms with Gasteiger partial charge in [0.05, 0.1) is 19.8 Å². The molecule has 0 amide bonds. The van der Waals surface area contributed by atoms with E-state index in [0.717, 1.165) is 84.6 Å². The van der Waals surface area contributed by atoms with Crippen molar-refractivity contribution in [2.75, 3.05) is 72.9 Å². The molecule has 3 rings (SSSR count). The Labute approximate surface area is 176 Å². The predicted molar refractivity (Wildman–Crippen MR) is 116 cm³/mol. The van der Waals surface area contributed by atoms with Crippen molar-refractivity contribution in [3.63, 3.8) is 0 Å². The summed E-state index contributed by atoms with van der Waals surface area (Å²) in [6, 6.07) is 0.471. The average molecular weight is 411 g/mol. The van der Waals surface area contributed by atoms with Gasteiger partial charge < -0.3 is 24.8 Å². The van der Waals surface area contributed by atoms with E-state index in [1.54, 1.807) is 0 Å². The molecule has 0 spiro atoms. The van der Waals surface area contributed by atoms with E-state index in [0.29, 0.717) is 17.4 Å². The van der Waals surface area contributed by atoms with Gasteiger partial charge in [-0.25, -0.2) is 0 Å². The van der Waals surface area contributed by atoms with Crippen LogP contribution in [0.25, 0.3) is 0 Å². The average Bonchev–Trinajstić information content (AvgIpc) is 3.44. The zero-order valence-corrected chi connectivity index (χ0v) is 18.6. The summed E-state index contributed by atoms with van der Waals surface area (Å²) in [6.45, 7) is 11.1. The highest BCUT2D eigenvalue weighted by atomic mass is 16.5. The van der Waals surface area contributed by atoms with Crippen LogP contribution in [-0.4, -0.2) is 89.8 Å². The summed E-state index contributed by atoms with van der Waals surface area (Å²) < 4.78 is 16.9. The van der Waals surface area contributed by atoms with Gasteiger partial charge in [0, 0.05) is 65.0 Å². The first-order valence-electron chi connectivity index (χ1n) is 11.7. The molecule has 29 heavy (non-hydrogen) atoms. The zero-order chi connectivity index (χ0) is 20.4. The molecule has 2 saturated heterocycles. The second-order valence-corrected chi connectivity index (χ2v) is 8.80. The number of ether oxygens (including phenoxy) is 3. The van der Waals surface area contributed by atoms with Crippen LogP contribution in [0.15, 0.2) is 4.99 Å². The Bertz CT molecular complexity index is 484. The van der Waals surface area contributed by atoms with Gasteiger partial charge in [-0.2, -0.15) is 0 Å². The first-order chi connectivity index (χ1) is 14.3. The highest BCUT2D eigenvalue weighted by Gasteiger charge is 2.34. The van der Waals surface area contributed by atoms with Crippen LogP contribution in [0.3, 0.4) is 0 Å². The molecule has 0 bridgehead atoms. The molecule has 2 aliphatic heterocycles. The van der Waals surface area contributed by atoms with Crippen molar-refractivity contribution in [3.8, 4) is 0 Å². The van der Waals surface area contributed by atoms with E-state index < -0.39 is 0 Å². The molecule has 2 heterocycles. The van der Waals surface area contributed by atoms with Crippen LogP contribution >= 0.6 is 0 Å². The zero-order valence-electron chi connectivity index (χ0n) is 18.6. The number of nitrogens with one attached hydrogen (secondary N) is 2. The second kappa shape index (κ2) is 12.1. The molecule has 0 aromatic carbocycles. The molecule has 2 atom stereocenters. The second-order valence-electron chi connectivity index (χ2n) is 8.80. The molecular formula is C22H42N4O3. The molecule has 1 aliphatic carbocycles. The first kappa shape index (κ1) is 22.8. The van der Waals surface area contributed by atoms with Crippen LogP contribution in [0.1, 0.15) is 45.4 Å². The third-order valence-electron chi connectivity index (χ3n) is 7.00. The summed E-state index contributed by atoms with van der Waals surface area (Å²) in [5, 5.41) is 7.26. The number of hydrogen-bond acceptors (Lipinski definition) is 5. The molecule has 0 radical (unpaired) electrons. The number of guanidine groups is 1. The van der Waals surface area contributed by atoms with Gasteiger partial charge in [0.2, 0.25) is 0 Å². The highest BCUT2D eigenvalue weighted by Crippen LogP contribution is 2.40. The fourth-order valence-corrected chi connectivity index (χ4v) is 5.13. The lowest BCUT2D eigenvalue weighted by Crippen LogP contribution is -2.54. The highest BCUT2D eigenvalue weighted by molar-refractivity contribution is 5.79. The molecule has 0 aromatic rings. The monoisotopic (exact) mass is 410 g/mol. The first-order valence-corrected chi connectivity index (χ1v) is 11.7. The maximum absolute atomic E-state index is 5.69. The van der Waals surface area contributed by atoms with E-state index in [2.05, 4.69) is 27.4 Å². The Balaban J connectivity index is 1.50. The van der Waals surface area contributed by atoms with E-state index in [-0.39, 0.29) is 0 Å². The normalized spacial score (nSPS) is 26.6. The number of morpholine rings is 1. The fraction of sp³-hybridized carbons (Fsp3) is 0.955. The number of aliphatic imine (C=N–C) groups is 1. The van der Waals surface area contributed by atoms with E-state index in [4.69, 9.17) is 14.2 Å². The van der Waals surface area contributed by atoms with Gasteiger partial charge in [-0.05, 0) is 38.0 Å². The minimum atomic E-state index is 0.357. The van der Waals surface area contributed by atoms with Crippen molar-refractivity contribution in [1.29, 1.82) is 0 Å². The summed E-state index contributed by atoms with van der Waals surface area (Å²) in [7, 11) is 1.87. The number of hydrogen-bond donors (Lipinski definition) is 2. The summed E-state index contributed by atoms with van der Waals surface area (Å²) in [5.41, 5.74) is 0.357. The minimum absolute atomic E-state index is 0.357. The van der Waals surface area contributed by atoms with Crippen molar-refractivity contribution >= 4 is 5.96 Å². The van der Waals surface area contributed by atoms with E-state index in [1.807, 2.05) is 7.05 Å². The maximum Gasteiger partial charge on any atom is 0.191 e. The standard InChI is InChI=1S/C22H42N4O3/c1-3-27-13-9-22(7-4-5-8-22)18-25-21(23-2)24-16-20(19-6-12-29-17-19)26-10-14-28-15-11-26/h19-20H,3-18H2,1-2H3,(H2,23,24,25). The van der Waals surface area contributed by atoms with Gasteiger partial charge in [0.1, 0.15) is 0 Å². The quantitative estimate of drug-likeness (QED) is 0.326. The lowest BCUT2D eigenvalue weighted by atomic mass is 9.83. The number of nitrogens with zero attached hydrogens (tertiary/aromatic N) is 2. The fourth-order valence-electron chi connectivity index (χ4n) is 5.13. The molecule has 7 heteroatoms. The van der Waals surface area contributed by atoms with Crippen molar-refractivity contribution in [3.05, 3.63) is 0 Å². The Morgan fingerprint density at radius 1 is 1.17 bits per heavy atom.